The van der Waals surface area contributed by atoms with Crippen molar-refractivity contribution in [1.29, 1.82) is 0 Å². The number of hydrogen-bond donors (Lipinski definition) is 1. The molecular weight excluding hydrogens is 360 g/mol. The summed E-state index contributed by atoms with van der Waals surface area (Å²) in [6, 6.07) is 4.80. The van der Waals surface area contributed by atoms with E-state index < -0.39 is 41.4 Å². The summed E-state index contributed by atoms with van der Waals surface area (Å²) in [6.07, 6.45) is -8.63. The molecule has 1 aromatic carbocycles. The molecule has 0 saturated carbocycles. The highest BCUT2D eigenvalue weighted by molar-refractivity contribution is 6.07. The molecule has 1 atom stereocenters. The van der Waals surface area contributed by atoms with E-state index in [2.05, 4.69) is 10.1 Å². The molecule has 1 unspecified atom stereocenters. The Kier molecular flexibility index (Phi) is 4.37. The molecule has 0 radical (unpaired) electrons. The van der Waals surface area contributed by atoms with Gasteiger partial charge in [-0.2, -0.15) is 17.6 Å². The van der Waals surface area contributed by atoms with Crippen molar-refractivity contribution in [3.8, 4) is 5.75 Å². The summed E-state index contributed by atoms with van der Waals surface area (Å²) < 4.78 is 55.2. The molecule has 1 N–H and O–H groups in total. The number of carbonyl (C=O) groups is 3. The SMILES string of the molecule is O=C1CC2(CCN(C(=O)c3ccccc3OC(F)(F)C(F)F)C2)C(=O)N1. The van der Waals surface area contributed by atoms with Crippen molar-refractivity contribution in [3.63, 3.8) is 0 Å². The molecular formula is C16H14F4N2O4. The number of carbonyl (C=O) groups excluding carboxylic acids is 3. The van der Waals surface area contributed by atoms with Crippen LogP contribution < -0.4 is 10.1 Å². The van der Waals surface area contributed by atoms with Gasteiger partial charge in [0.1, 0.15) is 5.75 Å². The molecule has 2 aliphatic heterocycles. The predicted molar refractivity (Wildman–Crippen MR) is 78.7 cm³/mol. The molecule has 6 nitrogen and oxygen atoms in total. The zero-order valence-electron chi connectivity index (χ0n) is 13.3. The van der Waals surface area contributed by atoms with E-state index in [4.69, 9.17) is 0 Å². The Labute approximate surface area is 145 Å². The van der Waals surface area contributed by atoms with Crippen molar-refractivity contribution in [3.05, 3.63) is 29.8 Å². The second-order valence-electron chi connectivity index (χ2n) is 6.27. The van der Waals surface area contributed by atoms with Crippen molar-refractivity contribution in [2.24, 2.45) is 5.41 Å². The minimum Gasteiger partial charge on any atom is -0.427 e. The number of ether oxygens (including phenoxy) is 1. The standard InChI is InChI=1S/C16H14F4N2O4/c17-13(18)16(19,20)26-10-4-2-1-3-9(10)12(24)22-6-5-15(8-22)7-11(23)21-14(15)25/h1-4,13H,5-8H2,(H,21,23,25). The first-order valence-corrected chi connectivity index (χ1v) is 7.72. The van der Waals surface area contributed by atoms with E-state index in [0.717, 1.165) is 6.07 Å². The van der Waals surface area contributed by atoms with Gasteiger partial charge in [0, 0.05) is 19.5 Å². The molecule has 2 aliphatic rings. The number of nitrogens with zero attached hydrogens (tertiary/aromatic N) is 1. The van der Waals surface area contributed by atoms with E-state index in [0.29, 0.717) is 0 Å². The van der Waals surface area contributed by atoms with E-state index in [1.807, 2.05) is 0 Å². The van der Waals surface area contributed by atoms with Crippen LogP contribution in [0.15, 0.2) is 24.3 Å². The minimum absolute atomic E-state index is 0.0583. The summed E-state index contributed by atoms with van der Waals surface area (Å²) in [5, 5.41) is 2.18. The molecule has 140 valence electrons. The monoisotopic (exact) mass is 374 g/mol. The molecule has 3 amide bonds. The molecule has 3 rings (SSSR count). The lowest BCUT2D eigenvalue weighted by atomic mass is 9.85. The van der Waals surface area contributed by atoms with Crippen LogP contribution >= 0.6 is 0 Å². The number of benzene rings is 1. The van der Waals surface area contributed by atoms with Crippen LogP contribution in [0, 0.1) is 5.41 Å². The van der Waals surface area contributed by atoms with Crippen LogP contribution in [0.1, 0.15) is 23.2 Å². The van der Waals surface area contributed by atoms with E-state index in [1.165, 1.54) is 23.1 Å². The number of para-hydroxylation sites is 1. The van der Waals surface area contributed by atoms with Crippen molar-refractivity contribution in [2.45, 2.75) is 25.4 Å². The van der Waals surface area contributed by atoms with Gasteiger partial charge in [-0.05, 0) is 18.6 Å². The number of halogens is 4. The molecule has 26 heavy (non-hydrogen) atoms. The van der Waals surface area contributed by atoms with Gasteiger partial charge in [-0.1, -0.05) is 12.1 Å². The Hall–Kier alpha value is -2.65. The Morgan fingerprint density at radius 3 is 2.58 bits per heavy atom. The lowest BCUT2D eigenvalue weighted by molar-refractivity contribution is -0.253. The summed E-state index contributed by atoms with van der Waals surface area (Å²) >= 11 is 0. The Balaban J connectivity index is 1.81. The number of nitrogens with one attached hydrogen (secondary N) is 1. The average Bonchev–Trinajstić information content (AvgIpc) is 3.10. The Morgan fingerprint density at radius 1 is 1.27 bits per heavy atom. The molecule has 1 spiro atoms. The van der Waals surface area contributed by atoms with Crippen molar-refractivity contribution < 1.29 is 36.7 Å². The van der Waals surface area contributed by atoms with Crippen LogP contribution in [-0.2, 0) is 9.59 Å². The predicted octanol–water partition coefficient (Wildman–Crippen LogP) is 1.80. The van der Waals surface area contributed by atoms with Crippen molar-refractivity contribution >= 4 is 17.7 Å². The van der Waals surface area contributed by atoms with Gasteiger partial charge in [0.05, 0.1) is 11.0 Å². The van der Waals surface area contributed by atoms with Gasteiger partial charge in [-0.25, -0.2) is 0 Å². The third kappa shape index (κ3) is 3.11. The van der Waals surface area contributed by atoms with E-state index in [1.54, 1.807) is 0 Å². The maximum atomic E-state index is 13.2. The summed E-state index contributed by atoms with van der Waals surface area (Å²) in [4.78, 5) is 37.3. The molecule has 2 saturated heterocycles. The number of imide groups is 1. The first-order valence-electron chi connectivity index (χ1n) is 7.72. The molecule has 0 aliphatic carbocycles. The normalized spacial score (nSPS) is 23.0. The number of rotatable bonds is 4. The average molecular weight is 374 g/mol. The maximum absolute atomic E-state index is 13.2. The molecule has 2 fully saturated rings. The summed E-state index contributed by atoms with van der Waals surface area (Å²) in [7, 11) is 0. The molecule has 1 aromatic rings. The van der Waals surface area contributed by atoms with Crippen LogP contribution in [-0.4, -0.2) is 48.2 Å². The highest BCUT2D eigenvalue weighted by atomic mass is 19.3. The highest BCUT2D eigenvalue weighted by Crippen LogP contribution is 2.39. The minimum atomic E-state index is -4.75. The number of amides is 3. The number of hydrogen-bond acceptors (Lipinski definition) is 4. The van der Waals surface area contributed by atoms with Crippen molar-refractivity contribution in [1.82, 2.24) is 10.2 Å². The van der Waals surface area contributed by atoms with Crippen LogP contribution in [0.25, 0.3) is 0 Å². The van der Waals surface area contributed by atoms with Gasteiger partial charge in [0.25, 0.3) is 5.91 Å². The van der Waals surface area contributed by atoms with Crippen molar-refractivity contribution in [2.75, 3.05) is 13.1 Å². The molecule has 10 heteroatoms. The second kappa shape index (κ2) is 6.26. The van der Waals surface area contributed by atoms with Crippen LogP contribution in [0.5, 0.6) is 5.75 Å². The van der Waals surface area contributed by atoms with Gasteiger partial charge < -0.3 is 9.64 Å². The fourth-order valence-electron chi connectivity index (χ4n) is 3.16. The molecule has 2 heterocycles. The zero-order chi connectivity index (χ0) is 19.1. The number of likely N-dealkylation sites (tertiary alicyclic amines) is 1. The lowest BCUT2D eigenvalue weighted by Crippen LogP contribution is -2.37. The first-order chi connectivity index (χ1) is 12.1. The Bertz CT molecular complexity index is 770. The first kappa shape index (κ1) is 18.2. The van der Waals surface area contributed by atoms with Gasteiger partial charge in [0.2, 0.25) is 11.8 Å². The smallest absolute Gasteiger partial charge is 0.427 e. The van der Waals surface area contributed by atoms with Crippen LogP contribution in [0.4, 0.5) is 17.6 Å². The van der Waals surface area contributed by atoms with Crippen LogP contribution in [0.2, 0.25) is 0 Å². The van der Waals surface area contributed by atoms with Gasteiger partial charge in [-0.15, -0.1) is 0 Å². The second-order valence-corrected chi connectivity index (χ2v) is 6.27. The highest BCUT2D eigenvalue weighted by Gasteiger charge is 2.52. The largest absolute Gasteiger partial charge is 0.461 e. The van der Waals surface area contributed by atoms with Gasteiger partial charge in [0.15, 0.2) is 0 Å². The summed E-state index contributed by atoms with van der Waals surface area (Å²) in [6.45, 7) is 0.0576. The van der Waals surface area contributed by atoms with Gasteiger partial charge >= 0.3 is 12.5 Å². The van der Waals surface area contributed by atoms with E-state index in [-0.39, 0.29) is 31.5 Å². The van der Waals surface area contributed by atoms with Gasteiger partial charge in [-0.3, -0.25) is 19.7 Å². The summed E-state index contributed by atoms with van der Waals surface area (Å²) in [5.74, 6) is -2.35. The fraction of sp³-hybridized carbons (Fsp3) is 0.438. The fourth-order valence-corrected chi connectivity index (χ4v) is 3.16. The molecule has 0 aromatic heterocycles. The number of alkyl halides is 4. The van der Waals surface area contributed by atoms with E-state index >= 15 is 0 Å². The van der Waals surface area contributed by atoms with Crippen LogP contribution in [0.3, 0.4) is 0 Å². The topological polar surface area (TPSA) is 75.7 Å². The third-order valence-corrected chi connectivity index (χ3v) is 4.49. The lowest BCUT2D eigenvalue weighted by Gasteiger charge is -2.23. The summed E-state index contributed by atoms with van der Waals surface area (Å²) in [5.41, 5.74) is -1.36. The zero-order valence-corrected chi connectivity index (χ0v) is 13.3. The quantitative estimate of drug-likeness (QED) is 0.644. The molecule has 0 bridgehead atoms. The van der Waals surface area contributed by atoms with E-state index in [9.17, 15) is 31.9 Å². The Morgan fingerprint density at radius 2 is 1.96 bits per heavy atom. The maximum Gasteiger partial charge on any atom is 0.461 e. The third-order valence-electron chi connectivity index (χ3n) is 4.49.